The summed E-state index contributed by atoms with van der Waals surface area (Å²) < 4.78 is 10.5. The summed E-state index contributed by atoms with van der Waals surface area (Å²) in [6.07, 6.45) is 4.76. The topological polar surface area (TPSA) is 109 Å². The number of amides is 2. The molecule has 2 amide bonds. The molecule has 2 atom stereocenters. The van der Waals surface area contributed by atoms with E-state index in [4.69, 9.17) is 14.3 Å². The molecule has 0 aliphatic carbocycles. The second-order valence-corrected chi connectivity index (χ2v) is 5.87. The first-order chi connectivity index (χ1) is 13.0. The molecular formula is C19H18N2O6. The van der Waals surface area contributed by atoms with Crippen molar-refractivity contribution >= 4 is 23.9 Å². The van der Waals surface area contributed by atoms with Crippen LogP contribution in [0.25, 0.3) is 6.08 Å². The molecule has 1 aromatic heterocycles. The van der Waals surface area contributed by atoms with Gasteiger partial charge in [0.1, 0.15) is 24.1 Å². The van der Waals surface area contributed by atoms with Gasteiger partial charge in [-0.05, 0) is 30.3 Å². The SMILES string of the molecule is O=C(O)CN1C(=O)[C@@H](NC(=O)COc2ccccc2)C1/C=C/c1ccco1. The third kappa shape index (κ3) is 4.55. The Morgan fingerprint density at radius 1 is 1.22 bits per heavy atom. The second kappa shape index (κ2) is 8.22. The highest BCUT2D eigenvalue weighted by molar-refractivity contribution is 5.96. The molecule has 8 heteroatoms. The van der Waals surface area contributed by atoms with E-state index >= 15 is 0 Å². The zero-order valence-corrected chi connectivity index (χ0v) is 14.3. The van der Waals surface area contributed by atoms with Crippen molar-refractivity contribution in [2.45, 2.75) is 12.1 Å². The fraction of sp³-hybridized carbons (Fsp3) is 0.211. The van der Waals surface area contributed by atoms with Crippen molar-refractivity contribution in [2.75, 3.05) is 13.2 Å². The number of rotatable bonds is 8. The summed E-state index contributed by atoms with van der Waals surface area (Å²) in [5.41, 5.74) is 0. The average Bonchev–Trinajstić information content (AvgIpc) is 3.18. The van der Waals surface area contributed by atoms with Gasteiger partial charge < -0.3 is 24.5 Å². The number of benzene rings is 1. The Morgan fingerprint density at radius 3 is 2.67 bits per heavy atom. The smallest absolute Gasteiger partial charge is 0.323 e. The number of carboxylic acid groups (broad SMARTS) is 1. The molecule has 3 rings (SSSR count). The first-order valence-electron chi connectivity index (χ1n) is 8.26. The first kappa shape index (κ1) is 18.2. The zero-order chi connectivity index (χ0) is 19.2. The van der Waals surface area contributed by atoms with Crippen molar-refractivity contribution in [3.63, 3.8) is 0 Å². The summed E-state index contributed by atoms with van der Waals surface area (Å²) in [5.74, 6) is -0.962. The van der Waals surface area contributed by atoms with Crippen LogP contribution in [-0.4, -0.2) is 53.0 Å². The number of carboxylic acids is 1. The predicted octanol–water partition coefficient (Wildman–Crippen LogP) is 1.15. The molecule has 27 heavy (non-hydrogen) atoms. The molecule has 2 heterocycles. The van der Waals surface area contributed by atoms with Crippen LogP contribution in [0.4, 0.5) is 0 Å². The first-order valence-corrected chi connectivity index (χ1v) is 8.26. The molecular weight excluding hydrogens is 352 g/mol. The lowest BCUT2D eigenvalue weighted by atomic mass is 9.94. The maximum absolute atomic E-state index is 12.2. The molecule has 0 spiro atoms. The van der Waals surface area contributed by atoms with E-state index in [9.17, 15) is 14.4 Å². The Balaban J connectivity index is 1.61. The zero-order valence-electron chi connectivity index (χ0n) is 14.3. The quantitative estimate of drug-likeness (QED) is 0.675. The summed E-state index contributed by atoms with van der Waals surface area (Å²) in [6, 6.07) is 10.8. The fourth-order valence-corrected chi connectivity index (χ4v) is 2.72. The lowest BCUT2D eigenvalue weighted by Crippen LogP contribution is -2.71. The summed E-state index contributed by atoms with van der Waals surface area (Å²) in [6.45, 7) is -0.694. The molecule has 0 radical (unpaired) electrons. The standard InChI is InChI=1S/C19H18N2O6/c22-16(12-27-13-5-2-1-3-6-13)20-18-15(9-8-14-7-4-10-26-14)21(19(18)25)11-17(23)24/h1-10,15,18H,11-12H2,(H,20,22)(H,23,24)/b9-8+/t15?,18-/m0/s1. The van der Waals surface area contributed by atoms with E-state index in [1.807, 2.05) is 6.07 Å². The summed E-state index contributed by atoms with van der Waals surface area (Å²) in [4.78, 5) is 36.5. The van der Waals surface area contributed by atoms with Crippen molar-refractivity contribution in [2.24, 2.45) is 0 Å². The minimum Gasteiger partial charge on any atom is -0.484 e. The molecule has 2 N–H and O–H groups in total. The molecule has 8 nitrogen and oxygen atoms in total. The molecule has 1 aromatic carbocycles. The van der Waals surface area contributed by atoms with E-state index in [2.05, 4.69) is 5.32 Å². The molecule has 1 aliphatic rings. The fourth-order valence-electron chi connectivity index (χ4n) is 2.72. The lowest BCUT2D eigenvalue weighted by molar-refractivity contribution is -0.157. The van der Waals surface area contributed by atoms with Gasteiger partial charge in [0.25, 0.3) is 5.91 Å². The molecule has 2 aromatic rings. The van der Waals surface area contributed by atoms with Gasteiger partial charge in [0.15, 0.2) is 6.61 Å². The number of β-lactam (4-membered cyclic amide) rings is 1. The van der Waals surface area contributed by atoms with Crippen LogP contribution in [0.3, 0.4) is 0 Å². The summed E-state index contributed by atoms with van der Waals surface area (Å²) in [7, 11) is 0. The predicted molar refractivity (Wildman–Crippen MR) is 94.7 cm³/mol. The van der Waals surface area contributed by atoms with Crippen LogP contribution in [0.1, 0.15) is 5.76 Å². The van der Waals surface area contributed by atoms with Crippen molar-refractivity contribution in [3.8, 4) is 5.75 Å². The number of aliphatic carboxylic acids is 1. The lowest BCUT2D eigenvalue weighted by Gasteiger charge is -2.44. The van der Waals surface area contributed by atoms with E-state index < -0.39 is 36.4 Å². The molecule has 140 valence electrons. The Labute approximate surface area is 155 Å². The van der Waals surface area contributed by atoms with Crippen LogP contribution < -0.4 is 10.1 Å². The van der Waals surface area contributed by atoms with E-state index in [0.29, 0.717) is 11.5 Å². The van der Waals surface area contributed by atoms with Crippen molar-refractivity contribution < 1.29 is 28.6 Å². The number of carbonyl (C=O) groups excluding carboxylic acids is 2. The number of hydrogen-bond donors (Lipinski definition) is 2. The monoisotopic (exact) mass is 370 g/mol. The minimum atomic E-state index is -1.13. The average molecular weight is 370 g/mol. The van der Waals surface area contributed by atoms with Crippen LogP contribution in [0.2, 0.25) is 0 Å². The van der Waals surface area contributed by atoms with Gasteiger partial charge in [0.2, 0.25) is 5.91 Å². The van der Waals surface area contributed by atoms with E-state index in [1.54, 1.807) is 48.6 Å². The Kier molecular flexibility index (Phi) is 5.55. The van der Waals surface area contributed by atoms with Gasteiger partial charge in [-0.2, -0.15) is 0 Å². The van der Waals surface area contributed by atoms with Crippen LogP contribution in [-0.2, 0) is 14.4 Å². The van der Waals surface area contributed by atoms with E-state index in [0.717, 1.165) is 0 Å². The number of likely N-dealkylation sites (tertiary alicyclic amines) is 1. The second-order valence-electron chi connectivity index (χ2n) is 5.87. The normalized spacial score (nSPS) is 19.0. The Morgan fingerprint density at radius 2 is 2.00 bits per heavy atom. The van der Waals surface area contributed by atoms with Gasteiger partial charge >= 0.3 is 5.97 Å². The van der Waals surface area contributed by atoms with Crippen molar-refractivity contribution in [1.29, 1.82) is 0 Å². The number of furan rings is 1. The number of nitrogens with zero attached hydrogens (tertiary/aromatic N) is 1. The van der Waals surface area contributed by atoms with Gasteiger partial charge in [-0.25, -0.2) is 0 Å². The van der Waals surface area contributed by atoms with Gasteiger partial charge in [-0.1, -0.05) is 24.3 Å². The van der Waals surface area contributed by atoms with Crippen LogP contribution in [0, 0.1) is 0 Å². The maximum atomic E-state index is 12.2. The van der Waals surface area contributed by atoms with E-state index in [1.165, 1.54) is 11.2 Å². The molecule has 1 aliphatic heterocycles. The number of carbonyl (C=O) groups is 3. The number of para-hydroxylation sites is 1. The van der Waals surface area contributed by atoms with Crippen LogP contribution in [0.5, 0.6) is 5.75 Å². The highest BCUT2D eigenvalue weighted by Gasteiger charge is 2.47. The van der Waals surface area contributed by atoms with Gasteiger partial charge in [-0.3, -0.25) is 14.4 Å². The molecule has 0 saturated carbocycles. The number of ether oxygens (including phenoxy) is 1. The van der Waals surface area contributed by atoms with Crippen molar-refractivity contribution in [1.82, 2.24) is 10.2 Å². The third-order valence-electron chi connectivity index (χ3n) is 3.99. The molecule has 1 unspecified atom stereocenters. The highest BCUT2D eigenvalue weighted by atomic mass is 16.5. The molecule has 1 fully saturated rings. The molecule has 1 saturated heterocycles. The van der Waals surface area contributed by atoms with Gasteiger partial charge in [-0.15, -0.1) is 0 Å². The largest absolute Gasteiger partial charge is 0.484 e. The highest BCUT2D eigenvalue weighted by Crippen LogP contribution is 2.22. The van der Waals surface area contributed by atoms with Gasteiger partial charge in [0, 0.05) is 0 Å². The third-order valence-corrected chi connectivity index (χ3v) is 3.99. The van der Waals surface area contributed by atoms with Crippen LogP contribution in [0.15, 0.2) is 59.2 Å². The molecule has 0 bridgehead atoms. The Bertz CT molecular complexity index is 831. The summed E-state index contributed by atoms with van der Waals surface area (Å²) in [5, 5.41) is 11.6. The summed E-state index contributed by atoms with van der Waals surface area (Å²) >= 11 is 0. The van der Waals surface area contributed by atoms with E-state index in [-0.39, 0.29) is 6.61 Å². The van der Waals surface area contributed by atoms with Crippen molar-refractivity contribution in [3.05, 3.63) is 60.6 Å². The maximum Gasteiger partial charge on any atom is 0.323 e. The van der Waals surface area contributed by atoms with Crippen LogP contribution >= 0.6 is 0 Å². The number of nitrogens with one attached hydrogen (secondary N) is 1. The van der Waals surface area contributed by atoms with Gasteiger partial charge in [0.05, 0.1) is 12.3 Å². The Hall–Kier alpha value is -3.55. The number of hydrogen-bond acceptors (Lipinski definition) is 5. The minimum absolute atomic E-state index is 0.249.